The summed E-state index contributed by atoms with van der Waals surface area (Å²) in [6, 6.07) is 20.4. The average Bonchev–Trinajstić information content (AvgIpc) is 2.22. The summed E-state index contributed by atoms with van der Waals surface area (Å²) in [5.74, 6) is 0. The first-order valence-corrected chi connectivity index (χ1v) is 21.3. The molecule has 4 heterocycles. The van der Waals surface area contributed by atoms with Crippen molar-refractivity contribution >= 4 is 110 Å². The summed E-state index contributed by atoms with van der Waals surface area (Å²) in [7, 11) is 0. The molecule has 13 rings (SSSR count). The molecule has 64 heavy (non-hydrogen) atoms. The Hall–Kier alpha value is -7.82. The van der Waals surface area contributed by atoms with Gasteiger partial charge in [0.2, 0.25) is 0 Å². The molecular formula is C60H46N4. The number of benzene rings is 9. The standard InChI is InChI=1S/C60H46N4/c1-35-29-43(30-36(2)39(35)5)61(41-17-9-7-10-18-41)51-25-15-27-53-57(51)47-23-13-21-45-49-34-56-50(33-55(49)63(53)59(45)47)46-22-14-24-48-58-52(26-16-28-54(58)64(56)60(46)48)62(42-19-11-8-12-20-42)44-31-37(3)40(6)38(4)32-44/h7-34H,1-6H3/i13D,14D,15D,16D,21D,22D,23D,24D,25D,26D,27D,28D,33D,34D. The minimum Gasteiger partial charge on any atom is -0.310 e. The summed E-state index contributed by atoms with van der Waals surface area (Å²) in [5, 5.41) is 0.391. The Balaban J connectivity index is 1.26. The van der Waals surface area contributed by atoms with Gasteiger partial charge in [-0.1, -0.05) is 84.7 Å². The molecule has 0 saturated carbocycles. The predicted molar refractivity (Wildman–Crippen MR) is 274 cm³/mol. The van der Waals surface area contributed by atoms with Crippen LogP contribution in [-0.4, -0.2) is 8.80 Å². The largest absolute Gasteiger partial charge is 0.310 e. The maximum absolute atomic E-state index is 10.5. The van der Waals surface area contributed by atoms with E-state index >= 15 is 0 Å². The molecule has 4 aromatic heterocycles. The summed E-state index contributed by atoms with van der Waals surface area (Å²) < 4.78 is 140. The lowest BCUT2D eigenvalue weighted by molar-refractivity contribution is 1.22. The molecule has 306 valence electrons. The fourth-order valence-corrected chi connectivity index (χ4v) is 9.99. The molecule has 0 radical (unpaired) electrons. The van der Waals surface area contributed by atoms with Crippen LogP contribution in [-0.2, 0) is 0 Å². The minimum absolute atomic E-state index is 0.00156. The van der Waals surface area contributed by atoms with Gasteiger partial charge in [0.1, 0.15) is 0 Å². The Morgan fingerprint density at radius 1 is 0.375 bits per heavy atom. The molecule has 9 aromatic carbocycles. The first kappa shape index (κ1) is 25.3. The number of rotatable bonds is 6. The fraction of sp³-hybridized carbons (Fsp3) is 0.100. The molecule has 0 N–H and O–H groups in total. The van der Waals surface area contributed by atoms with E-state index in [0.29, 0.717) is 22.7 Å². The Bertz CT molecular complexity index is 4500. The highest BCUT2D eigenvalue weighted by Crippen LogP contribution is 2.50. The average molecular weight is 837 g/mol. The maximum Gasteiger partial charge on any atom is 0.0653 e. The van der Waals surface area contributed by atoms with Crippen LogP contribution in [0.15, 0.2) is 170 Å². The van der Waals surface area contributed by atoms with Gasteiger partial charge >= 0.3 is 0 Å². The van der Waals surface area contributed by atoms with Crippen LogP contribution >= 0.6 is 0 Å². The lowest BCUT2D eigenvalue weighted by atomic mass is 10.0. The molecule has 0 aliphatic carbocycles. The zero-order valence-corrected chi connectivity index (χ0v) is 35.9. The number of nitrogens with zero attached hydrogens (tertiary/aromatic N) is 4. The third kappa shape index (κ3) is 4.94. The van der Waals surface area contributed by atoms with E-state index in [1.54, 1.807) is 9.80 Å². The van der Waals surface area contributed by atoms with Crippen molar-refractivity contribution in [3.8, 4) is 0 Å². The van der Waals surface area contributed by atoms with Crippen molar-refractivity contribution in [3.63, 3.8) is 0 Å². The van der Waals surface area contributed by atoms with Crippen LogP contribution in [0.25, 0.3) is 76.2 Å². The van der Waals surface area contributed by atoms with Crippen LogP contribution < -0.4 is 9.80 Å². The van der Waals surface area contributed by atoms with Crippen molar-refractivity contribution in [3.05, 3.63) is 203 Å². The second kappa shape index (κ2) is 13.3. The predicted octanol–water partition coefficient (Wildman–Crippen LogP) is 16.8. The van der Waals surface area contributed by atoms with Gasteiger partial charge in [-0.05, 0) is 160 Å². The zero-order valence-electron chi connectivity index (χ0n) is 49.9. The molecule has 0 unspecified atom stereocenters. The Labute approximate surface area is 391 Å². The minimum atomic E-state index is -0.520. The highest BCUT2D eigenvalue weighted by molar-refractivity contribution is 6.31. The van der Waals surface area contributed by atoms with E-state index in [-0.39, 0.29) is 112 Å². The number of aryl methyl sites for hydroxylation is 4. The third-order valence-corrected chi connectivity index (χ3v) is 13.5. The van der Waals surface area contributed by atoms with E-state index in [1.807, 2.05) is 126 Å². The topological polar surface area (TPSA) is 15.3 Å². The van der Waals surface area contributed by atoms with E-state index in [9.17, 15) is 19.2 Å². The molecule has 0 fully saturated rings. The Morgan fingerprint density at radius 3 is 1.12 bits per heavy atom. The molecule has 4 nitrogen and oxygen atoms in total. The quantitative estimate of drug-likeness (QED) is 0.166. The second-order valence-electron chi connectivity index (χ2n) is 17.0. The van der Waals surface area contributed by atoms with Crippen LogP contribution in [0.4, 0.5) is 34.1 Å². The Kier molecular flexibility index (Phi) is 5.28. The molecular weight excluding hydrogens is 777 g/mol. The van der Waals surface area contributed by atoms with E-state index in [1.165, 1.54) is 8.80 Å². The van der Waals surface area contributed by atoms with Crippen LogP contribution in [0.3, 0.4) is 0 Å². The van der Waals surface area contributed by atoms with Crippen molar-refractivity contribution in [1.29, 1.82) is 0 Å². The van der Waals surface area contributed by atoms with Gasteiger partial charge in [-0.2, -0.15) is 0 Å². The fourth-order valence-electron chi connectivity index (χ4n) is 9.99. The van der Waals surface area contributed by atoms with E-state index in [4.69, 9.17) is 0 Å². The first-order chi connectivity index (χ1) is 37.1. The molecule has 4 heteroatoms. The van der Waals surface area contributed by atoms with Crippen molar-refractivity contribution < 1.29 is 19.2 Å². The molecule has 13 aromatic rings. The van der Waals surface area contributed by atoms with Crippen molar-refractivity contribution in [1.82, 2.24) is 8.80 Å². The summed E-state index contributed by atoms with van der Waals surface area (Å²) in [6.07, 6.45) is 0. The van der Waals surface area contributed by atoms with E-state index < -0.39 is 60.4 Å². The Morgan fingerprint density at radius 2 is 0.734 bits per heavy atom. The molecule has 0 atom stereocenters. The lowest BCUT2D eigenvalue weighted by Gasteiger charge is -2.27. The second-order valence-corrected chi connectivity index (χ2v) is 17.0. The van der Waals surface area contributed by atoms with Gasteiger partial charge in [-0.25, -0.2) is 0 Å². The van der Waals surface area contributed by atoms with Gasteiger partial charge in [-0.15, -0.1) is 0 Å². The van der Waals surface area contributed by atoms with Crippen LogP contribution in [0.2, 0.25) is 0 Å². The molecule has 0 amide bonds. The number of fused-ring (bicyclic) bond motifs is 12. The van der Waals surface area contributed by atoms with Crippen molar-refractivity contribution in [2.24, 2.45) is 0 Å². The number of hydrogen-bond donors (Lipinski definition) is 0. The molecule has 0 spiro atoms. The van der Waals surface area contributed by atoms with Crippen molar-refractivity contribution in [2.45, 2.75) is 41.5 Å². The molecule has 0 aliphatic rings. The molecule has 0 aliphatic heterocycles. The third-order valence-electron chi connectivity index (χ3n) is 13.5. The van der Waals surface area contributed by atoms with Gasteiger partial charge in [0.15, 0.2) is 0 Å². The summed E-state index contributed by atoms with van der Waals surface area (Å²) in [4.78, 5) is 3.61. The van der Waals surface area contributed by atoms with Crippen LogP contribution in [0.5, 0.6) is 0 Å². The van der Waals surface area contributed by atoms with Gasteiger partial charge in [0, 0.05) is 65.8 Å². The number of para-hydroxylation sites is 4. The molecule has 0 saturated heterocycles. The smallest absolute Gasteiger partial charge is 0.0653 e. The maximum atomic E-state index is 10.5. The highest BCUT2D eigenvalue weighted by atomic mass is 15.2. The van der Waals surface area contributed by atoms with Gasteiger partial charge in [0.05, 0.1) is 63.7 Å². The number of aromatic nitrogens is 2. The van der Waals surface area contributed by atoms with Crippen LogP contribution in [0, 0.1) is 41.5 Å². The lowest BCUT2D eigenvalue weighted by Crippen LogP contribution is -2.11. The van der Waals surface area contributed by atoms with Gasteiger partial charge < -0.3 is 18.6 Å². The summed E-state index contributed by atoms with van der Waals surface area (Å²) in [5.41, 5.74) is 8.78. The normalized spacial score (nSPS) is 15.3. The van der Waals surface area contributed by atoms with Gasteiger partial charge in [-0.3, -0.25) is 0 Å². The molecule has 0 bridgehead atoms. The van der Waals surface area contributed by atoms with E-state index in [2.05, 4.69) is 0 Å². The number of hydrogen-bond acceptors (Lipinski definition) is 2. The van der Waals surface area contributed by atoms with Gasteiger partial charge in [0.25, 0.3) is 0 Å². The zero-order chi connectivity index (χ0) is 55.3. The van der Waals surface area contributed by atoms with Crippen molar-refractivity contribution in [2.75, 3.05) is 9.80 Å². The monoisotopic (exact) mass is 836 g/mol. The number of anilines is 6. The summed E-state index contributed by atoms with van der Waals surface area (Å²) >= 11 is 0. The SMILES string of the molecule is [2H]c1c([2H])c([2H])c2c(c1N(c1ccccc1)c1cc(C)c(C)c(C)c1)c1c([2H])c([2H])c([2H])c3c4c([2H])c5c(c([2H])c4n2c13)c1c([2H])c([2H])c([2H])c2c3c(N(c4ccccc4)c4cc(C)c(C)c(C)c4)c([2H])c([2H])c([2H])c3n5c21. The highest BCUT2D eigenvalue weighted by Gasteiger charge is 2.27. The van der Waals surface area contributed by atoms with Crippen LogP contribution in [0.1, 0.15) is 52.6 Å². The van der Waals surface area contributed by atoms with E-state index in [0.717, 1.165) is 33.4 Å². The first-order valence-electron chi connectivity index (χ1n) is 28.3. The summed E-state index contributed by atoms with van der Waals surface area (Å²) in [6.45, 7) is 11.9.